The lowest BCUT2D eigenvalue weighted by Crippen LogP contribution is -2.45. The van der Waals surface area contributed by atoms with Gasteiger partial charge in [0.05, 0.1) is 17.9 Å². The number of benzene rings is 1. The first kappa shape index (κ1) is 29.5. The van der Waals surface area contributed by atoms with Crippen molar-refractivity contribution >= 4 is 29.3 Å². The first-order valence-corrected chi connectivity index (χ1v) is 12.8. The van der Waals surface area contributed by atoms with Crippen LogP contribution in [-0.4, -0.2) is 91.6 Å². The Morgan fingerprint density at radius 1 is 1.33 bits per heavy atom. The molecule has 0 saturated carbocycles. The van der Waals surface area contributed by atoms with E-state index in [1.807, 2.05) is 19.0 Å². The molecule has 1 aliphatic rings. The summed E-state index contributed by atoms with van der Waals surface area (Å²) in [5.74, 6) is 6.26. The fourth-order valence-corrected chi connectivity index (χ4v) is 4.00. The van der Waals surface area contributed by atoms with E-state index in [1.54, 1.807) is 43.5 Å². The van der Waals surface area contributed by atoms with E-state index in [2.05, 4.69) is 37.8 Å². The maximum Gasteiger partial charge on any atom is 0.247 e. The molecule has 0 radical (unpaired) electrons. The molecule has 0 aliphatic carbocycles. The number of methoxy groups -OCH3 is 1. The minimum absolute atomic E-state index is 0.170. The summed E-state index contributed by atoms with van der Waals surface area (Å²) in [6.45, 7) is 1.47. The summed E-state index contributed by atoms with van der Waals surface area (Å²) in [4.78, 5) is 37.7. The number of halogens is 1. The fraction of sp³-hybridized carbons (Fsp3) is 0.429. The van der Waals surface area contributed by atoms with Gasteiger partial charge in [0, 0.05) is 58.4 Å². The lowest BCUT2D eigenvalue weighted by atomic mass is 10.1. The predicted octanol–water partition coefficient (Wildman–Crippen LogP) is 2.38. The van der Waals surface area contributed by atoms with Gasteiger partial charge in [0.2, 0.25) is 17.8 Å². The van der Waals surface area contributed by atoms with Gasteiger partial charge in [-0.1, -0.05) is 24.0 Å². The third-order valence-electron chi connectivity index (χ3n) is 6.02. The molecule has 11 heteroatoms. The molecule has 3 N–H and O–H groups in total. The third kappa shape index (κ3) is 9.05. The van der Waals surface area contributed by atoms with Crippen LogP contribution >= 0.6 is 0 Å². The summed E-state index contributed by atoms with van der Waals surface area (Å²) in [5, 5.41) is 8.89. The van der Waals surface area contributed by atoms with E-state index in [4.69, 9.17) is 4.74 Å². The molecule has 1 aliphatic heterocycles. The summed E-state index contributed by atoms with van der Waals surface area (Å²) in [6, 6.07) is 5.48. The van der Waals surface area contributed by atoms with Crippen molar-refractivity contribution in [3.63, 3.8) is 0 Å². The largest absolute Gasteiger partial charge is 0.380 e. The normalized spacial score (nSPS) is 16.7. The van der Waals surface area contributed by atoms with Gasteiger partial charge in [-0.15, -0.1) is 0 Å². The first-order valence-electron chi connectivity index (χ1n) is 12.8. The number of anilines is 3. The molecule has 1 fully saturated rings. The van der Waals surface area contributed by atoms with Gasteiger partial charge in [-0.25, -0.2) is 9.37 Å². The molecular formula is C28H36FN7O3. The maximum atomic E-state index is 13.4. The molecule has 10 nitrogen and oxygen atoms in total. The van der Waals surface area contributed by atoms with Gasteiger partial charge in [0.25, 0.3) is 0 Å². The Balaban J connectivity index is 1.49. The van der Waals surface area contributed by atoms with Crippen LogP contribution in [0.4, 0.5) is 21.8 Å². The lowest BCUT2D eigenvalue weighted by molar-refractivity contribution is -0.135. The predicted molar refractivity (Wildman–Crippen MR) is 149 cm³/mol. The van der Waals surface area contributed by atoms with Crippen molar-refractivity contribution in [2.45, 2.75) is 31.4 Å². The van der Waals surface area contributed by atoms with Gasteiger partial charge in [0.15, 0.2) is 0 Å². The standard InChI is InChI=1S/C28H36FN7O3/c1-30-26-20(18-32-28(34-26)33-22-12-8-11-21(29)16-22)10-6-5-7-14-31-27(38)24-17-23(39-4)19-36(24)25(37)13-9-15-35(2)3/h8-9,11-13,16,18,23-24H,5,7,14-15,17,19H2,1-4H3,(H,31,38)(H2,30,32,33,34)/b13-9+/t23-,24?/m0/s1. The quantitative estimate of drug-likeness (QED) is 0.228. The molecular weight excluding hydrogens is 501 g/mol. The van der Waals surface area contributed by atoms with Gasteiger partial charge in [0.1, 0.15) is 17.7 Å². The minimum atomic E-state index is -0.563. The van der Waals surface area contributed by atoms with E-state index in [-0.39, 0.29) is 23.7 Å². The van der Waals surface area contributed by atoms with Gasteiger partial charge in [-0.2, -0.15) is 4.98 Å². The Morgan fingerprint density at radius 3 is 2.87 bits per heavy atom. The van der Waals surface area contributed by atoms with Crippen molar-refractivity contribution in [1.29, 1.82) is 0 Å². The molecule has 1 aromatic heterocycles. The SMILES string of the molecule is CNc1nc(Nc2cccc(F)c2)ncc1C#CCCCNC(=O)C1C[C@H](OC)CN1C(=O)/C=C/CN(C)C. The molecule has 2 amide bonds. The third-order valence-corrected chi connectivity index (χ3v) is 6.02. The lowest BCUT2D eigenvalue weighted by Gasteiger charge is -2.22. The van der Waals surface area contributed by atoms with Crippen LogP contribution in [0.2, 0.25) is 0 Å². The summed E-state index contributed by atoms with van der Waals surface area (Å²) >= 11 is 0. The molecule has 0 bridgehead atoms. The second-order valence-corrected chi connectivity index (χ2v) is 9.30. The summed E-state index contributed by atoms with van der Waals surface area (Å²) in [6.07, 6.45) is 6.39. The van der Waals surface area contributed by atoms with Crippen LogP contribution in [0, 0.1) is 17.7 Å². The monoisotopic (exact) mass is 537 g/mol. The van der Waals surface area contributed by atoms with Gasteiger partial charge in [-0.3, -0.25) is 9.59 Å². The number of likely N-dealkylation sites (N-methyl/N-ethyl adjacent to an activating group) is 1. The van der Waals surface area contributed by atoms with Crippen LogP contribution in [0.3, 0.4) is 0 Å². The number of carbonyl (C=O) groups is 2. The molecule has 39 heavy (non-hydrogen) atoms. The molecule has 3 rings (SSSR count). The van der Waals surface area contributed by atoms with E-state index < -0.39 is 6.04 Å². The topological polar surface area (TPSA) is 112 Å². The number of carbonyl (C=O) groups excluding carboxylic acids is 2. The zero-order valence-corrected chi connectivity index (χ0v) is 22.8. The van der Waals surface area contributed by atoms with Crippen molar-refractivity contribution < 1.29 is 18.7 Å². The molecule has 0 spiro atoms. The maximum absolute atomic E-state index is 13.4. The highest BCUT2D eigenvalue weighted by Gasteiger charge is 2.38. The molecule has 2 heterocycles. The smallest absolute Gasteiger partial charge is 0.247 e. The van der Waals surface area contributed by atoms with Crippen molar-refractivity contribution in [1.82, 2.24) is 25.1 Å². The van der Waals surface area contributed by atoms with Gasteiger partial charge < -0.3 is 30.5 Å². The average Bonchev–Trinajstić information content (AvgIpc) is 3.36. The second-order valence-electron chi connectivity index (χ2n) is 9.30. The molecule has 2 aromatic rings. The highest BCUT2D eigenvalue weighted by atomic mass is 19.1. The van der Waals surface area contributed by atoms with Crippen molar-refractivity contribution in [2.75, 3.05) is 58.5 Å². The van der Waals surface area contributed by atoms with Gasteiger partial charge in [-0.05, 0) is 38.7 Å². The highest BCUT2D eigenvalue weighted by molar-refractivity contribution is 5.93. The Morgan fingerprint density at radius 2 is 2.15 bits per heavy atom. The molecule has 1 aromatic carbocycles. The van der Waals surface area contributed by atoms with E-state index >= 15 is 0 Å². The number of nitrogens with one attached hydrogen (secondary N) is 3. The zero-order chi connectivity index (χ0) is 28.2. The van der Waals surface area contributed by atoms with Crippen molar-refractivity contribution in [3.05, 3.63) is 54.0 Å². The Bertz CT molecular complexity index is 1230. The number of hydrogen-bond donors (Lipinski definition) is 3. The zero-order valence-electron chi connectivity index (χ0n) is 22.8. The van der Waals surface area contributed by atoms with Crippen LogP contribution in [-0.2, 0) is 14.3 Å². The minimum Gasteiger partial charge on any atom is -0.380 e. The average molecular weight is 538 g/mol. The fourth-order valence-electron chi connectivity index (χ4n) is 4.00. The summed E-state index contributed by atoms with van der Waals surface area (Å²) in [5.41, 5.74) is 1.17. The summed E-state index contributed by atoms with van der Waals surface area (Å²) < 4.78 is 18.8. The van der Waals surface area contributed by atoms with E-state index in [0.29, 0.717) is 61.9 Å². The molecule has 2 atom stereocenters. The number of unbranched alkanes of at least 4 members (excludes halogenated alkanes) is 1. The van der Waals surface area contributed by atoms with Crippen LogP contribution in [0.1, 0.15) is 24.8 Å². The van der Waals surface area contributed by atoms with Crippen LogP contribution < -0.4 is 16.0 Å². The van der Waals surface area contributed by atoms with Crippen molar-refractivity contribution in [2.24, 2.45) is 0 Å². The second kappa shape index (κ2) is 14.8. The number of likely N-dealkylation sites (tertiary alicyclic amines) is 1. The number of amides is 2. The van der Waals surface area contributed by atoms with Gasteiger partial charge >= 0.3 is 0 Å². The number of ether oxygens (including phenoxy) is 1. The Hall–Kier alpha value is -4.01. The Kier molecular flexibility index (Phi) is 11.2. The first-order chi connectivity index (χ1) is 18.8. The number of nitrogens with zero attached hydrogens (tertiary/aromatic N) is 4. The van der Waals surface area contributed by atoms with Crippen LogP contribution in [0.5, 0.6) is 0 Å². The molecule has 1 unspecified atom stereocenters. The number of rotatable bonds is 11. The molecule has 1 saturated heterocycles. The van der Waals surface area contributed by atoms with Crippen molar-refractivity contribution in [3.8, 4) is 11.8 Å². The van der Waals surface area contributed by atoms with E-state index in [0.717, 1.165) is 0 Å². The number of aromatic nitrogens is 2. The molecule has 208 valence electrons. The van der Waals surface area contributed by atoms with E-state index in [9.17, 15) is 14.0 Å². The number of hydrogen-bond acceptors (Lipinski definition) is 8. The highest BCUT2D eigenvalue weighted by Crippen LogP contribution is 2.21. The van der Waals surface area contributed by atoms with Crippen LogP contribution in [0.25, 0.3) is 0 Å². The van der Waals surface area contributed by atoms with Crippen LogP contribution in [0.15, 0.2) is 42.6 Å². The van der Waals surface area contributed by atoms with E-state index in [1.165, 1.54) is 18.2 Å². The Labute approximate surface area is 229 Å². The summed E-state index contributed by atoms with van der Waals surface area (Å²) in [7, 11) is 7.17.